The summed E-state index contributed by atoms with van der Waals surface area (Å²) in [4.78, 5) is 14.7. The van der Waals surface area contributed by atoms with Gasteiger partial charge < -0.3 is 15.4 Å². The number of aromatic nitrogens is 2. The molecule has 1 aliphatic rings. The first-order chi connectivity index (χ1) is 14.1. The number of nitrogen functional groups attached to an aromatic ring is 1. The Morgan fingerprint density at radius 2 is 1.55 bits per heavy atom. The number of nitrogens with two attached hydrogens (primary N) is 1. The second-order valence-corrected chi connectivity index (χ2v) is 7.47. The van der Waals surface area contributed by atoms with Gasteiger partial charge >= 0.3 is 0 Å². The van der Waals surface area contributed by atoms with Crippen molar-refractivity contribution in [2.75, 3.05) is 18.8 Å². The summed E-state index contributed by atoms with van der Waals surface area (Å²) in [5.41, 5.74) is 7.19. The van der Waals surface area contributed by atoms with Gasteiger partial charge in [-0.1, -0.05) is 11.6 Å². The smallest absolute Gasteiger partial charge is 0.253 e. The Balaban J connectivity index is 1.35. The van der Waals surface area contributed by atoms with E-state index in [1.165, 1.54) is 0 Å². The van der Waals surface area contributed by atoms with Gasteiger partial charge in [0.15, 0.2) is 0 Å². The van der Waals surface area contributed by atoms with Crippen molar-refractivity contribution in [2.45, 2.75) is 18.8 Å². The quantitative estimate of drug-likeness (QED) is 0.686. The number of rotatable bonds is 4. The largest absolute Gasteiger partial charge is 0.457 e. The molecule has 1 aliphatic heterocycles. The molecule has 29 heavy (non-hydrogen) atoms. The summed E-state index contributed by atoms with van der Waals surface area (Å²) in [7, 11) is 0. The van der Waals surface area contributed by atoms with Gasteiger partial charge in [0.05, 0.1) is 5.69 Å². The van der Waals surface area contributed by atoms with Gasteiger partial charge in [-0.2, -0.15) is 5.10 Å². The molecule has 1 fully saturated rings. The van der Waals surface area contributed by atoms with Gasteiger partial charge in [-0.05, 0) is 73.5 Å². The Morgan fingerprint density at radius 1 is 0.931 bits per heavy atom. The number of hydrogen-bond donors (Lipinski definition) is 1. The van der Waals surface area contributed by atoms with Crippen LogP contribution in [0.15, 0.2) is 60.7 Å². The van der Waals surface area contributed by atoms with E-state index < -0.39 is 0 Å². The molecule has 148 valence electrons. The normalized spacial score (nSPS) is 14.6. The topological polar surface area (TPSA) is 81.3 Å². The number of piperidine rings is 1. The van der Waals surface area contributed by atoms with Crippen LogP contribution in [-0.4, -0.2) is 34.1 Å². The van der Waals surface area contributed by atoms with Gasteiger partial charge in [0.2, 0.25) is 0 Å². The zero-order valence-electron chi connectivity index (χ0n) is 15.8. The number of anilines is 1. The van der Waals surface area contributed by atoms with Crippen molar-refractivity contribution in [2.24, 2.45) is 0 Å². The Hall–Kier alpha value is -3.12. The average Bonchev–Trinajstić information content (AvgIpc) is 2.76. The van der Waals surface area contributed by atoms with Crippen LogP contribution < -0.4 is 10.5 Å². The summed E-state index contributed by atoms with van der Waals surface area (Å²) < 4.78 is 5.78. The number of likely N-dealkylation sites (tertiary alicyclic amines) is 1. The summed E-state index contributed by atoms with van der Waals surface area (Å²) in [5, 5.41) is 8.76. The lowest BCUT2D eigenvalue weighted by Crippen LogP contribution is -2.38. The molecule has 0 unspecified atom stereocenters. The van der Waals surface area contributed by atoms with Crippen molar-refractivity contribution in [1.29, 1.82) is 0 Å². The maximum atomic E-state index is 12.8. The van der Waals surface area contributed by atoms with Gasteiger partial charge in [-0.15, -0.1) is 5.10 Å². The number of benzene rings is 2. The standard InChI is InChI=1S/C22H21ClN4O2/c23-17-3-7-19(8-4-17)29-18-5-1-16(2-6-18)22(28)27-13-11-15(12-14-27)20-9-10-21(24)26-25-20/h1-10,15H,11-14H2,(H2,24,26). The highest BCUT2D eigenvalue weighted by molar-refractivity contribution is 6.30. The molecule has 4 rings (SSSR count). The molecule has 1 saturated heterocycles. The molecule has 7 heteroatoms. The molecular formula is C22H21ClN4O2. The van der Waals surface area contributed by atoms with E-state index in [-0.39, 0.29) is 5.91 Å². The minimum Gasteiger partial charge on any atom is -0.457 e. The Bertz CT molecular complexity index is 967. The van der Waals surface area contributed by atoms with E-state index in [4.69, 9.17) is 22.1 Å². The van der Waals surface area contributed by atoms with Crippen LogP contribution in [0.5, 0.6) is 11.5 Å². The van der Waals surface area contributed by atoms with Gasteiger partial charge in [-0.3, -0.25) is 4.79 Å². The van der Waals surface area contributed by atoms with Gasteiger partial charge in [0.25, 0.3) is 5.91 Å². The van der Waals surface area contributed by atoms with E-state index in [0.717, 1.165) is 18.5 Å². The van der Waals surface area contributed by atoms with Gasteiger partial charge in [0, 0.05) is 29.6 Å². The number of hydrogen-bond acceptors (Lipinski definition) is 5. The Morgan fingerprint density at radius 3 is 2.14 bits per heavy atom. The fourth-order valence-electron chi connectivity index (χ4n) is 3.44. The predicted octanol–water partition coefficient (Wildman–Crippen LogP) is 4.52. The predicted molar refractivity (Wildman–Crippen MR) is 112 cm³/mol. The molecule has 1 aromatic heterocycles. The molecule has 0 spiro atoms. The highest BCUT2D eigenvalue weighted by atomic mass is 35.5. The van der Waals surface area contributed by atoms with Crippen LogP contribution in [0.1, 0.15) is 34.8 Å². The van der Waals surface area contributed by atoms with E-state index in [0.29, 0.717) is 46.9 Å². The lowest BCUT2D eigenvalue weighted by Gasteiger charge is -2.31. The lowest BCUT2D eigenvalue weighted by molar-refractivity contribution is 0.0712. The van der Waals surface area contributed by atoms with Crippen LogP contribution in [0, 0.1) is 0 Å². The highest BCUT2D eigenvalue weighted by Gasteiger charge is 2.25. The molecule has 0 bridgehead atoms. The second-order valence-electron chi connectivity index (χ2n) is 7.03. The van der Waals surface area contributed by atoms with Gasteiger partial charge in [0.1, 0.15) is 17.3 Å². The van der Waals surface area contributed by atoms with Crippen LogP contribution in [-0.2, 0) is 0 Å². The fraction of sp³-hybridized carbons (Fsp3) is 0.227. The maximum absolute atomic E-state index is 12.8. The molecule has 0 radical (unpaired) electrons. The van der Waals surface area contributed by atoms with Crippen LogP contribution in [0.4, 0.5) is 5.82 Å². The van der Waals surface area contributed by atoms with Crippen molar-refractivity contribution >= 4 is 23.3 Å². The van der Waals surface area contributed by atoms with Crippen LogP contribution in [0.2, 0.25) is 5.02 Å². The maximum Gasteiger partial charge on any atom is 0.253 e. The second kappa shape index (κ2) is 8.49. The van der Waals surface area contributed by atoms with Crippen LogP contribution in [0.3, 0.4) is 0 Å². The van der Waals surface area contributed by atoms with Crippen molar-refractivity contribution in [1.82, 2.24) is 15.1 Å². The summed E-state index contributed by atoms with van der Waals surface area (Å²) in [6, 6.07) is 18.0. The highest BCUT2D eigenvalue weighted by Crippen LogP contribution is 2.28. The van der Waals surface area contributed by atoms with E-state index in [9.17, 15) is 4.79 Å². The number of halogens is 1. The third kappa shape index (κ3) is 4.66. The molecule has 2 N–H and O–H groups in total. The SMILES string of the molecule is Nc1ccc(C2CCN(C(=O)c3ccc(Oc4ccc(Cl)cc4)cc3)CC2)nn1. The number of nitrogens with zero attached hydrogens (tertiary/aromatic N) is 3. The van der Waals surface area contributed by atoms with Gasteiger partial charge in [-0.25, -0.2) is 0 Å². The first-order valence-electron chi connectivity index (χ1n) is 9.50. The summed E-state index contributed by atoms with van der Waals surface area (Å²) in [6.07, 6.45) is 1.73. The fourth-order valence-corrected chi connectivity index (χ4v) is 3.56. The summed E-state index contributed by atoms with van der Waals surface area (Å²) >= 11 is 5.88. The Labute approximate surface area is 174 Å². The molecule has 3 aromatic rings. The van der Waals surface area contributed by atoms with Crippen molar-refractivity contribution in [3.05, 3.63) is 76.9 Å². The van der Waals surface area contributed by atoms with E-state index in [2.05, 4.69) is 10.2 Å². The molecular weight excluding hydrogens is 388 g/mol. The van der Waals surface area contributed by atoms with E-state index in [1.54, 1.807) is 54.6 Å². The number of carbonyl (C=O) groups is 1. The van der Waals surface area contributed by atoms with Crippen molar-refractivity contribution in [3.8, 4) is 11.5 Å². The zero-order valence-corrected chi connectivity index (χ0v) is 16.5. The molecule has 6 nitrogen and oxygen atoms in total. The lowest BCUT2D eigenvalue weighted by atomic mass is 9.93. The first-order valence-corrected chi connectivity index (χ1v) is 9.88. The monoisotopic (exact) mass is 408 g/mol. The van der Waals surface area contributed by atoms with Crippen LogP contribution >= 0.6 is 11.6 Å². The molecule has 0 saturated carbocycles. The van der Waals surface area contributed by atoms with Crippen LogP contribution in [0.25, 0.3) is 0 Å². The number of amides is 1. The summed E-state index contributed by atoms with van der Waals surface area (Å²) in [6.45, 7) is 1.39. The average molecular weight is 409 g/mol. The summed E-state index contributed by atoms with van der Waals surface area (Å²) in [5.74, 6) is 2.13. The van der Waals surface area contributed by atoms with E-state index in [1.807, 2.05) is 11.0 Å². The van der Waals surface area contributed by atoms with Crippen molar-refractivity contribution in [3.63, 3.8) is 0 Å². The minimum atomic E-state index is 0.0323. The molecule has 2 aromatic carbocycles. The Kier molecular flexibility index (Phi) is 5.62. The molecule has 2 heterocycles. The third-order valence-corrected chi connectivity index (χ3v) is 5.31. The van der Waals surface area contributed by atoms with Crippen molar-refractivity contribution < 1.29 is 9.53 Å². The molecule has 0 aliphatic carbocycles. The zero-order chi connectivity index (χ0) is 20.2. The first kappa shape index (κ1) is 19.2. The number of ether oxygens (including phenoxy) is 1. The molecule has 1 amide bonds. The molecule has 0 atom stereocenters. The van der Waals surface area contributed by atoms with E-state index >= 15 is 0 Å². The third-order valence-electron chi connectivity index (χ3n) is 5.06. The number of carbonyl (C=O) groups excluding carboxylic acids is 1. The minimum absolute atomic E-state index is 0.0323.